The molecule has 1 fully saturated rings. The summed E-state index contributed by atoms with van der Waals surface area (Å²) in [6.07, 6.45) is 0.306. The van der Waals surface area contributed by atoms with E-state index in [1.165, 1.54) is 24.3 Å². The van der Waals surface area contributed by atoms with E-state index >= 15 is 0 Å². The molecule has 0 aliphatic carbocycles. The Morgan fingerprint density at radius 3 is 2.58 bits per heavy atom. The summed E-state index contributed by atoms with van der Waals surface area (Å²) in [4.78, 5) is 14.4. The van der Waals surface area contributed by atoms with Gasteiger partial charge in [0.25, 0.3) is 5.91 Å². The molecule has 7 heteroatoms. The van der Waals surface area contributed by atoms with Crippen LogP contribution in [0.1, 0.15) is 32.3 Å². The van der Waals surface area contributed by atoms with Crippen LogP contribution in [-0.2, 0) is 4.79 Å². The zero-order chi connectivity index (χ0) is 22.6. The number of hydrogen-bond donors (Lipinski definition) is 1. The second kappa shape index (κ2) is 9.88. The van der Waals surface area contributed by atoms with E-state index in [1.54, 1.807) is 23.1 Å². The van der Waals surface area contributed by atoms with Crippen molar-refractivity contribution in [2.45, 2.75) is 45.3 Å². The topological polar surface area (TPSA) is 59.0 Å². The van der Waals surface area contributed by atoms with Crippen LogP contribution in [0.15, 0.2) is 42.5 Å². The van der Waals surface area contributed by atoms with Crippen LogP contribution in [0, 0.1) is 18.7 Å². The highest BCUT2D eigenvalue weighted by Gasteiger charge is 2.44. The van der Waals surface area contributed by atoms with E-state index in [2.05, 4.69) is 0 Å². The highest BCUT2D eigenvalue weighted by molar-refractivity contribution is 6.31. The molecule has 0 radical (unpaired) electrons. The molecule has 2 aromatic carbocycles. The number of halogens is 2. The Balaban J connectivity index is 1.68. The molecule has 0 saturated carbocycles. The number of piperidine rings is 1. The predicted octanol–water partition coefficient (Wildman–Crippen LogP) is 4.62. The van der Waals surface area contributed by atoms with Gasteiger partial charge in [0.1, 0.15) is 29.0 Å². The van der Waals surface area contributed by atoms with Crippen LogP contribution in [0.3, 0.4) is 0 Å². The van der Waals surface area contributed by atoms with Gasteiger partial charge in [-0.05, 0) is 73.7 Å². The monoisotopic (exact) mass is 449 g/mol. The molecule has 1 aliphatic rings. The van der Waals surface area contributed by atoms with E-state index in [1.807, 2.05) is 20.8 Å². The summed E-state index contributed by atoms with van der Waals surface area (Å²) in [5.74, 6) is 0.730. The molecule has 31 heavy (non-hydrogen) atoms. The molecule has 168 valence electrons. The van der Waals surface area contributed by atoms with Gasteiger partial charge < -0.3 is 19.5 Å². The number of aryl methyl sites for hydroxylation is 1. The van der Waals surface area contributed by atoms with Crippen LogP contribution in [0.4, 0.5) is 4.39 Å². The maximum Gasteiger partial charge on any atom is 0.260 e. The van der Waals surface area contributed by atoms with Gasteiger partial charge >= 0.3 is 0 Å². The van der Waals surface area contributed by atoms with Gasteiger partial charge in [0.2, 0.25) is 0 Å². The number of rotatable bonds is 7. The van der Waals surface area contributed by atoms with Crippen molar-refractivity contribution >= 4 is 17.5 Å². The molecule has 5 nitrogen and oxygen atoms in total. The highest BCUT2D eigenvalue weighted by Crippen LogP contribution is 2.32. The standard InChI is InChI=1S/C24H29ClFNO4/c1-16(2)13-24(29)10-11-27(14-22(24)31-19-6-4-18(26)5-7-19)23(28)15-30-20-8-9-21(25)17(3)12-20/h4-9,12,16,22,29H,10-11,13-15H2,1-3H3/t22-,24+/m0/s1. The second-order valence-corrected chi connectivity index (χ2v) is 8.96. The summed E-state index contributed by atoms with van der Waals surface area (Å²) in [7, 11) is 0. The average molecular weight is 450 g/mol. The van der Waals surface area contributed by atoms with Crippen LogP contribution in [0.25, 0.3) is 0 Å². The number of ether oxygens (including phenoxy) is 2. The molecule has 2 aromatic rings. The van der Waals surface area contributed by atoms with Gasteiger partial charge in [0.05, 0.1) is 6.54 Å². The fourth-order valence-electron chi connectivity index (χ4n) is 3.89. The molecule has 1 aliphatic heterocycles. The van der Waals surface area contributed by atoms with Crippen molar-refractivity contribution in [2.24, 2.45) is 5.92 Å². The number of nitrogens with zero attached hydrogens (tertiary/aromatic N) is 1. The van der Waals surface area contributed by atoms with Gasteiger partial charge in [0.15, 0.2) is 6.61 Å². The number of hydrogen-bond acceptors (Lipinski definition) is 4. The number of carbonyl (C=O) groups excluding carboxylic acids is 1. The molecule has 0 unspecified atom stereocenters. The zero-order valence-corrected chi connectivity index (χ0v) is 18.9. The van der Waals surface area contributed by atoms with Crippen molar-refractivity contribution in [3.8, 4) is 11.5 Å². The van der Waals surface area contributed by atoms with E-state index in [0.717, 1.165) is 5.56 Å². The first-order valence-electron chi connectivity index (χ1n) is 10.5. The highest BCUT2D eigenvalue weighted by atomic mass is 35.5. The summed E-state index contributed by atoms with van der Waals surface area (Å²) in [6, 6.07) is 10.9. The third kappa shape index (κ3) is 6.11. The number of carbonyl (C=O) groups is 1. The molecule has 0 spiro atoms. The van der Waals surface area contributed by atoms with Gasteiger partial charge in [-0.2, -0.15) is 0 Å². The molecular weight excluding hydrogens is 421 g/mol. The maximum atomic E-state index is 13.2. The van der Waals surface area contributed by atoms with E-state index in [-0.39, 0.29) is 30.8 Å². The Morgan fingerprint density at radius 1 is 1.26 bits per heavy atom. The molecule has 1 N–H and O–H groups in total. The van der Waals surface area contributed by atoms with Crippen molar-refractivity contribution in [3.63, 3.8) is 0 Å². The molecule has 3 rings (SSSR count). The van der Waals surface area contributed by atoms with Crippen LogP contribution >= 0.6 is 11.6 Å². The van der Waals surface area contributed by atoms with Crippen molar-refractivity contribution in [1.29, 1.82) is 0 Å². The lowest BCUT2D eigenvalue weighted by Gasteiger charge is -2.45. The first-order valence-corrected chi connectivity index (χ1v) is 10.9. The lowest BCUT2D eigenvalue weighted by molar-refractivity contribution is -0.150. The minimum atomic E-state index is -1.08. The summed E-state index contributed by atoms with van der Waals surface area (Å²) in [5.41, 5.74) is -0.205. The largest absolute Gasteiger partial charge is 0.486 e. The summed E-state index contributed by atoms with van der Waals surface area (Å²) >= 11 is 6.03. The molecule has 1 heterocycles. The first kappa shape index (κ1) is 23.4. The Bertz CT molecular complexity index is 905. The molecular formula is C24H29ClFNO4. The van der Waals surface area contributed by atoms with Crippen molar-refractivity contribution in [1.82, 2.24) is 4.90 Å². The average Bonchev–Trinajstić information content (AvgIpc) is 2.71. The fourth-order valence-corrected chi connectivity index (χ4v) is 4.00. The van der Waals surface area contributed by atoms with Crippen molar-refractivity contribution < 1.29 is 23.8 Å². The lowest BCUT2D eigenvalue weighted by Crippen LogP contribution is -2.60. The molecule has 2 atom stereocenters. The van der Waals surface area contributed by atoms with E-state index in [0.29, 0.717) is 35.9 Å². The number of likely N-dealkylation sites (tertiary alicyclic amines) is 1. The number of amides is 1. The van der Waals surface area contributed by atoms with Gasteiger partial charge in [0, 0.05) is 11.6 Å². The number of benzene rings is 2. The van der Waals surface area contributed by atoms with Gasteiger partial charge in [-0.25, -0.2) is 4.39 Å². The minimum absolute atomic E-state index is 0.118. The molecule has 1 saturated heterocycles. The van der Waals surface area contributed by atoms with E-state index < -0.39 is 11.7 Å². The van der Waals surface area contributed by atoms with E-state index in [4.69, 9.17) is 21.1 Å². The summed E-state index contributed by atoms with van der Waals surface area (Å²) < 4.78 is 24.9. The van der Waals surface area contributed by atoms with Crippen LogP contribution in [-0.4, -0.2) is 47.3 Å². The van der Waals surface area contributed by atoms with Crippen LogP contribution < -0.4 is 9.47 Å². The summed E-state index contributed by atoms with van der Waals surface area (Å²) in [6.45, 7) is 6.46. The Morgan fingerprint density at radius 2 is 1.94 bits per heavy atom. The van der Waals surface area contributed by atoms with Crippen LogP contribution in [0.2, 0.25) is 5.02 Å². The third-order valence-electron chi connectivity index (χ3n) is 5.50. The first-order chi connectivity index (χ1) is 14.7. The zero-order valence-electron chi connectivity index (χ0n) is 18.1. The smallest absolute Gasteiger partial charge is 0.260 e. The Labute approximate surface area is 187 Å². The van der Waals surface area contributed by atoms with Crippen molar-refractivity contribution in [3.05, 3.63) is 58.9 Å². The lowest BCUT2D eigenvalue weighted by atomic mass is 9.81. The quantitative estimate of drug-likeness (QED) is 0.669. The second-order valence-electron chi connectivity index (χ2n) is 8.55. The van der Waals surface area contributed by atoms with E-state index in [9.17, 15) is 14.3 Å². The maximum absolute atomic E-state index is 13.2. The van der Waals surface area contributed by atoms with Gasteiger partial charge in [-0.15, -0.1) is 0 Å². The normalized spacial score (nSPS) is 21.3. The Hall–Kier alpha value is -2.31. The summed E-state index contributed by atoms with van der Waals surface area (Å²) in [5, 5.41) is 11.9. The third-order valence-corrected chi connectivity index (χ3v) is 5.92. The van der Waals surface area contributed by atoms with Crippen molar-refractivity contribution in [2.75, 3.05) is 19.7 Å². The van der Waals surface area contributed by atoms with Gasteiger partial charge in [-0.3, -0.25) is 4.79 Å². The minimum Gasteiger partial charge on any atom is -0.486 e. The fraction of sp³-hybridized carbons (Fsp3) is 0.458. The molecule has 1 amide bonds. The molecule has 0 bridgehead atoms. The van der Waals surface area contributed by atoms with Gasteiger partial charge in [-0.1, -0.05) is 25.4 Å². The molecule has 0 aromatic heterocycles. The Kier molecular flexibility index (Phi) is 7.44. The predicted molar refractivity (Wildman–Crippen MR) is 118 cm³/mol. The SMILES string of the molecule is Cc1cc(OCC(=O)N2CC[C@@](O)(CC(C)C)[C@@H](Oc3ccc(F)cc3)C2)ccc1Cl. The number of aliphatic hydroxyl groups is 1. The van der Waals surface area contributed by atoms with Crippen LogP contribution in [0.5, 0.6) is 11.5 Å².